The quantitative estimate of drug-likeness (QED) is 0.600. The Bertz CT molecular complexity index is 1070. The van der Waals surface area contributed by atoms with Gasteiger partial charge in [0.05, 0.1) is 11.4 Å². The molecule has 0 fully saturated rings. The topological polar surface area (TPSA) is 71.5 Å². The van der Waals surface area contributed by atoms with E-state index in [1.54, 1.807) is 6.20 Å². The fourth-order valence-electron chi connectivity index (χ4n) is 3.01. The van der Waals surface area contributed by atoms with E-state index in [0.29, 0.717) is 12.8 Å². The van der Waals surface area contributed by atoms with Crippen molar-refractivity contribution in [3.63, 3.8) is 0 Å². The number of carbonyl (C=O) groups is 1. The molecule has 0 saturated heterocycles. The average molecular weight is 342 g/mol. The van der Waals surface area contributed by atoms with E-state index < -0.39 is 0 Å². The molecule has 1 aromatic carbocycles. The number of benzene rings is 1. The molecule has 4 aromatic rings. The minimum atomic E-state index is 0.138. The molecule has 4 rings (SSSR count). The fraction of sp³-hybridized carbons (Fsp3) is 0.143. The molecule has 26 heavy (non-hydrogen) atoms. The van der Waals surface area contributed by atoms with Gasteiger partial charge in [-0.05, 0) is 30.7 Å². The number of nitrogens with zero attached hydrogens (tertiary/aromatic N) is 3. The van der Waals surface area contributed by atoms with Gasteiger partial charge in [0.1, 0.15) is 17.8 Å². The Hall–Kier alpha value is -3.34. The number of pyridine rings is 1. The summed E-state index contributed by atoms with van der Waals surface area (Å²) in [5.41, 5.74) is 5.51. The number of carbonyl (C=O) groups excluding carboxylic acids is 1. The van der Waals surface area contributed by atoms with Crippen molar-refractivity contribution < 1.29 is 4.79 Å². The summed E-state index contributed by atoms with van der Waals surface area (Å²) in [5, 5.41) is 1.00. The van der Waals surface area contributed by atoms with Crippen molar-refractivity contribution in [3.05, 3.63) is 78.0 Å². The standard InChI is InChI=1S/C21H18N4O/c1-14-4-6-15(7-5-14)9-17(26)10-16-11-20(25-13-24-16)19-12-23-21-18(19)3-2-8-22-21/h2-8,11-13H,9-10H2,1H3,(H,22,23). The molecule has 1 N–H and O–H groups in total. The lowest BCUT2D eigenvalue weighted by atomic mass is 10.0. The summed E-state index contributed by atoms with van der Waals surface area (Å²) in [7, 11) is 0. The van der Waals surface area contributed by atoms with Crippen LogP contribution in [0.25, 0.3) is 22.3 Å². The zero-order valence-electron chi connectivity index (χ0n) is 14.4. The Labute approximate surface area is 151 Å². The molecule has 0 aliphatic rings. The van der Waals surface area contributed by atoms with Gasteiger partial charge >= 0.3 is 0 Å². The van der Waals surface area contributed by atoms with Crippen molar-refractivity contribution >= 4 is 16.8 Å². The number of aryl methyl sites for hydroxylation is 1. The van der Waals surface area contributed by atoms with Crippen molar-refractivity contribution in [1.82, 2.24) is 19.9 Å². The first kappa shape index (κ1) is 16.1. The Morgan fingerprint density at radius 1 is 1.04 bits per heavy atom. The highest BCUT2D eigenvalue weighted by Crippen LogP contribution is 2.26. The zero-order valence-corrected chi connectivity index (χ0v) is 14.4. The second kappa shape index (κ2) is 6.88. The number of nitrogens with one attached hydrogen (secondary N) is 1. The van der Waals surface area contributed by atoms with Crippen LogP contribution in [-0.4, -0.2) is 25.7 Å². The van der Waals surface area contributed by atoms with E-state index in [1.807, 2.05) is 55.6 Å². The zero-order chi connectivity index (χ0) is 17.9. The Morgan fingerprint density at radius 3 is 2.73 bits per heavy atom. The minimum absolute atomic E-state index is 0.138. The van der Waals surface area contributed by atoms with E-state index >= 15 is 0 Å². The normalized spacial score (nSPS) is 11.0. The highest BCUT2D eigenvalue weighted by atomic mass is 16.1. The number of H-pyrrole nitrogens is 1. The summed E-state index contributed by atoms with van der Waals surface area (Å²) in [4.78, 5) is 28.5. The van der Waals surface area contributed by atoms with Crippen LogP contribution in [0.5, 0.6) is 0 Å². The Kier molecular flexibility index (Phi) is 4.27. The summed E-state index contributed by atoms with van der Waals surface area (Å²) in [5.74, 6) is 0.138. The van der Waals surface area contributed by atoms with Gasteiger partial charge in [-0.2, -0.15) is 0 Å². The molecular formula is C21H18N4O. The largest absolute Gasteiger partial charge is 0.345 e. The first-order chi connectivity index (χ1) is 12.7. The Morgan fingerprint density at radius 2 is 1.88 bits per heavy atom. The smallest absolute Gasteiger partial charge is 0.143 e. The summed E-state index contributed by atoms with van der Waals surface area (Å²) in [6.45, 7) is 2.04. The SMILES string of the molecule is Cc1ccc(CC(=O)Cc2cc(-c3c[nH]c4ncccc34)ncn2)cc1. The molecule has 5 heteroatoms. The maximum atomic E-state index is 12.4. The van der Waals surface area contributed by atoms with Gasteiger partial charge in [0, 0.05) is 36.2 Å². The second-order valence-electron chi connectivity index (χ2n) is 6.37. The van der Waals surface area contributed by atoms with Crippen LogP contribution >= 0.6 is 0 Å². The Balaban J connectivity index is 1.54. The third-order valence-corrected chi connectivity index (χ3v) is 4.35. The van der Waals surface area contributed by atoms with Crippen molar-refractivity contribution in [3.8, 4) is 11.3 Å². The average Bonchev–Trinajstić information content (AvgIpc) is 3.08. The number of aromatic nitrogens is 4. The highest BCUT2D eigenvalue weighted by molar-refractivity contribution is 5.92. The molecule has 0 atom stereocenters. The van der Waals surface area contributed by atoms with Crippen molar-refractivity contribution in [2.75, 3.05) is 0 Å². The summed E-state index contributed by atoms with van der Waals surface area (Å²) >= 11 is 0. The molecule has 3 heterocycles. The molecule has 0 bridgehead atoms. The predicted molar refractivity (Wildman–Crippen MR) is 101 cm³/mol. The molecule has 0 spiro atoms. The highest BCUT2D eigenvalue weighted by Gasteiger charge is 2.11. The van der Waals surface area contributed by atoms with Crippen molar-refractivity contribution in [2.24, 2.45) is 0 Å². The van der Waals surface area contributed by atoms with Crippen LogP contribution in [0, 0.1) is 6.92 Å². The van der Waals surface area contributed by atoms with Crippen LogP contribution in [0.15, 0.2) is 61.2 Å². The molecule has 0 radical (unpaired) electrons. The second-order valence-corrected chi connectivity index (χ2v) is 6.37. The van der Waals surface area contributed by atoms with Crippen LogP contribution in [0.1, 0.15) is 16.8 Å². The molecule has 0 aliphatic carbocycles. The lowest BCUT2D eigenvalue weighted by Crippen LogP contribution is -2.08. The number of fused-ring (bicyclic) bond motifs is 1. The molecular weight excluding hydrogens is 324 g/mol. The molecule has 0 amide bonds. The third-order valence-electron chi connectivity index (χ3n) is 4.35. The molecule has 0 aliphatic heterocycles. The molecule has 5 nitrogen and oxygen atoms in total. The number of aromatic amines is 1. The van der Waals surface area contributed by atoms with Crippen LogP contribution in [0.4, 0.5) is 0 Å². The van der Waals surface area contributed by atoms with Gasteiger partial charge in [-0.25, -0.2) is 15.0 Å². The van der Waals surface area contributed by atoms with E-state index in [9.17, 15) is 4.79 Å². The van der Waals surface area contributed by atoms with E-state index in [1.165, 1.54) is 11.9 Å². The molecule has 3 aromatic heterocycles. The number of hydrogen-bond acceptors (Lipinski definition) is 4. The van der Waals surface area contributed by atoms with Crippen LogP contribution in [-0.2, 0) is 17.6 Å². The molecule has 0 saturated carbocycles. The van der Waals surface area contributed by atoms with Gasteiger partial charge in [-0.1, -0.05) is 29.8 Å². The number of Topliss-reactive ketones (excluding diaryl/α,β-unsaturated/α-hetero) is 1. The van der Waals surface area contributed by atoms with Crippen molar-refractivity contribution in [1.29, 1.82) is 0 Å². The first-order valence-corrected chi connectivity index (χ1v) is 8.50. The summed E-state index contributed by atoms with van der Waals surface area (Å²) < 4.78 is 0. The van der Waals surface area contributed by atoms with Gasteiger partial charge in [0.25, 0.3) is 0 Å². The van der Waals surface area contributed by atoms with Gasteiger partial charge in [-0.3, -0.25) is 4.79 Å². The summed E-state index contributed by atoms with van der Waals surface area (Å²) in [6, 6.07) is 13.8. The minimum Gasteiger partial charge on any atom is -0.345 e. The predicted octanol–water partition coefficient (Wildman–Crippen LogP) is 3.68. The van der Waals surface area contributed by atoms with E-state index in [4.69, 9.17) is 0 Å². The van der Waals surface area contributed by atoms with Gasteiger partial charge in [0.2, 0.25) is 0 Å². The van der Waals surface area contributed by atoms with Gasteiger partial charge in [0.15, 0.2) is 0 Å². The fourth-order valence-corrected chi connectivity index (χ4v) is 3.01. The maximum absolute atomic E-state index is 12.4. The van der Waals surface area contributed by atoms with E-state index in [0.717, 1.165) is 33.5 Å². The van der Waals surface area contributed by atoms with Crippen LogP contribution in [0.2, 0.25) is 0 Å². The number of rotatable bonds is 5. The van der Waals surface area contributed by atoms with E-state index in [-0.39, 0.29) is 5.78 Å². The first-order valence-electron chi connectivity index (χ1n) is 8.50. The lowest BCUT2D eigenvalue weighted by Gasteiger charge is -2.04. The molecule has 128 valence electrons. The lowest BCUT2D eigenvalue weighted by molar-refractivity contribution is -0.117. The van der Waals surface area contributed by atoms with E-state index in [2.05, 4.69) is 19.9 Å². The summed E-state index contributed by atoms with van der Waals surface area (Å²) in [6.07, 6.45) is 5.86. The van der Waals surface area contributed by atoms with Crippen molar-refractivity contribution in [2.45, 2.75) is 19.8 Å². The molecule has 0 unspecified atom stereocenters. The van der Waals surface area contributed by atoms with Crippen LogP contribution < -0.4 is 0 Å². The number of hydrogen-bond donors (Lipinski definition) is 1. The van der Waals surface area contributed by atoms with Crippen LogP contribution in [0.3, 0.4) is 0 Å². The number of ketones is 1. The van der Waals surface area contributed by atoms with Gasteiger partial charge in [-0.15, -0.1) is 0 Å². The maximum Gasteiger partial charge on any atom is 0.143 e. The monoisotopic (exact) mass is 342 g/mol. The van der Waals surface area contributed by atoms with Gasteiger partial charge < -0.3 is 4.98 Å². The third kappa shape index (κ3) is 3.37.